The molecule has 0 aliphatic heterocycles. The summed E-state index contributed by atoms with van der Waals surface area (Å²) in [4.78, 5) is 0. The van der Waals surface area contributed by atoms with Gasteiger partial charge in [0.15, 0.2) is 0 Å². The van der Waals surface area contributed by atoms with E-state index in [0.717, 1.165) is 13.0 Å². The number of hydrogen-bond donors (Lipinski definition) is 1. The molecule has 0 saturated heterocycles. The van der Waals surface area contributed by atoms with Crippen molar-refractivity contribution in [3.05, 3.63) is 17.4 Å². The lowest BCUT2D eigenvalue weighted by atomic mass is 10.2. The summed E-state index contributed by atoms with van der Waals surface area (Å²) in [5.74, 6) is 0. The van der Waals surface area contributed by atoms with Crippen molar-refractivity contribution in [1.29, 1.82) is 0 Å². The zero-order valence-electron chi connectivity index (χ0n) is 9.00. The van der Waals surface area contributed by atoms with Crippen molar-refractivity contribution in [2.45, 2.75) is 39.3 Å². The number of nitrogens with one attached hydrogen (secondary N) is 1. The van der Waals surface area contributed by atoms with E-state index >= 15 is 0 Å². The van der Waals surface area contributed by atoms with Crippen LogP contribution in [0.2, 0.25) is 5.02 Å². The van der Waals surface area contributed by atoms with E-state index in [0.29, 0.717) is 17.1 Å². The van der Waals surface area contributed by atoms with Crippen LogP contribution in [-0.2, 0) is 0 Å². The van der Waals surface area contributed by atoms with Crippen LogP contribution in [0.25, 0.3) is 0 Å². The first-order chi connectivity index (χ1) is 6.59. The van der Waals surface area contributed by atoms with Gasteiger partial charge in [0.1, 0.15) is 0 Å². The van der Waals surface area contributed by atoms with Crippen LogP contribution in [0, 0.1) is 0 Å². The summed E-state index contributed by atoms with van der Waals surface area (Å²) in [5.41, 5.74) is 0. The van der Waals surface area contributed by atoms with Crippen molar-refractivity contribution < 1.29 is 0 Å². The van der Waals surface area contributed by atoms with Gasteiger partial charge in [-0.3, -0.25) is 4.68 Å². The molecule has 0 amide bonds. The highest BCUT2D eigenvalue weighted by atomic mass is 35.5. The molecule has 1 aromatic rings. The molecule has 0 saturated carbocycles. The quantitative estimate of drug-likeness (QED) is 0.818. The van der Waals surface area contributed by atoms with Gasteiger partial charge >= 0.3 is 0 Å². The van der Waals surface area contributed by atoms with Gasteiger partial charge in [-0.05, 0) is 19.9 Å². The third-order valence-corrected chi connectivity index (χ3v) is 2.33. The van der Waals surface area contributed by atoms with E-state index in [1.807, 2.05) is 10.9 Å². The monoisotopic (exact) mass is 215 g/mol. The molecule has 0 radical (unpaired) electrons. The van der Waals surface area contributed by atoms with E-state index in [-0.39, 0.29) is 0 Å². The minimum atomic E-state index is 0.397. The fraction of sp³-hybridized carbons (Fsp3) is 0.700. The van der Waals surface area contributed by atoms with Gasteiger partial charge in [-0.2, -0.15) is 5.10 Å². The zero-order valence-corrected chi connectivity index (χ0v) is 9.75. The number of halogens is 1. The maximum absolute atomic E-state index is 5.79. The Balaban J connectivity index is 2.32. The second-order valence-electron chi connectivity index (χ2n) is 3.89. The molecule has 1 aromatic heterocycles. The van der Waals surface area contributed by atoms with Gasteiger partial charge < -0.3 is 5.32 Å². The second-order valence-corrected chi connectivity index (χ2v) is 4.32. The average molecular weight is 216 g/mol. The Kier molecular flexibility index (Phi) is 4.42. The molecule has 14 heavy (non-hydrogen) atoms. The molecule has 0 aromatic carbocycles. The van der Waals surface area contributed by atoms with Crippen molar-refractivity contribution in [3.63, 3.8) is 0 Å². The molecule has 0 spiro atoms. The van der Waals surface area contributed by atoms with E-state index in [2.05, 4.69) is 31.2 Å². The smallest absolute Gasteiger partial charge is 0.0785 e. The fourth-order valence-electron chi connectivity index (χ4n) is 1.27. The van der Waals surface area contributed by atoms with Crippen molar-refractivity contribution in [2.75, 3.05) is 6.54 Å². The molecule has 1 N–H and O–H groups in total. The lowest BCUT2D eigenvalue weighted by molar-refractivity contribution is 0.433. The highest BCUT2D eigenvalue weighted by molar-refractivity contribution is 6.30. The van der Waals surface area contributed by atoms with Gasteiger partial charge in [-0.1, -0.05) is 25.4 Å². The van der Waals surface area contributed by atoms with Crippen LogP contribution >= 0.6 is 11.6 Å². The normalized spacial score (nSPS) is 13.5. The van der Waals surface area contributed by atoms with Crippen molar-refractivity contribution in [3.8, 4) is 0 Å². The van der Waals surface area contributed by atoms with Crippen LogP contribution in [0.1, 0.15) is 33.2 Å². The first kappa shape index (κ1) is 11.5. The molecular formula is C10H18ClN3. The Morgan fingerprint density at radius 1 is 1.50 bits per heavy atom. The number of aromatic nitrogens is 2. The second kappa shape index (κ2) is 5.37. The molecule has 1 rings (SSSR count). The molecule has 1 unspecified atom stereocenters. The van der Waals surface area contributed by atoms with Crippen LogP contribution in [0.3, 0.4) is 0 Å². The molecular weight excluding hydrogens is 198 g/mol. The van der Waals surface area contributed by atoms with Crippen molar-refractivity contribution in [1.82, 2.24) is 15.1 Å². The number of hydrogen-bond acceptors (Lipinski definition) is 2. The predicted molar refractivity (Wildman–Crippen MR) is 59.7 cm³/mol. The highest BCUT2D eigenvalue weighted by Gasteiger charge is 2.05. The molecule has 1 atom stereocenters. The van der Waals surface area contributed by atoms with E-state index in [9.17, 15) is 0 Å². The maximum Gasteiger partial charge on any atom is 0.0785 e. The summed E-state index contributed by atoms with van der Waals surface area (Å²) in [6.45, 7) is 7.45. The largest absolute Gasteiger partial charge is 0.314 e. The SMILES string of the molecule is CC(C)NCCC(C)n1cc(Cl)cn1. The van der Waals surface area contributed by atoms with Gasteiger partial charge in [-0.15, -0.1) is 0 Å². The summed E-state index contributed by atoms with van der Waals surface area (Å²) in [7, 11) is 0. The Morgan fingerprint density at radius 2 is 2.21 bits per heavy atom. The van der Waals surface area contributed by atoms with Gasteiger partial charge in [0.25, 0.3) is 0 Å². The third kappa shape index (κ3) is 3.68. The summed E-state index contributed by atoms with van der Waals surface area (Å²) in [6.07, 6.45) is 4.60. The molecule has 4 heteroatoms. The number of nitrogens with zero attached hydrogens (tertiary/aromatic N) is 2. The Morgan fingerprint density at radius 3 is 2.71 bits per heavy atom. The Bertz CT molecular complexity index is 270. The third-order valence-electron chi connectivity index (χ3n) is 2.14. The van der Waals surface area contributed by atoms with Crippen LogP contribution in [0.4, 0.5) is 0 Å². The molecule has 0 fully saturated rings. The molecule has 0 aliphatic rings. The number of rotatable bonds is 5. The molecule has 3 nitrogen and oxygen atoms in total. The van der Waals surface area contributed by atoms with Gasteiger partial charge in [-0.25, -0.2) is 0 Å². The zero-order chi connectivity index (χ0) is 10.6. The molecule has 80 valence electrons. The summed E-state index contributed by atoms with van der Waals surface area (Å²) in [6, 6.07) is 0.942. The maximum atomic E-state index is 5.79. The lowest BCUT2D eigenvalue weighted by Crippen LogP contribution is -2.25. The Labute approximate surface area is 90.4 Å². The van der Waals surface area contributed by atoms with E-state index in [1.165, 1.54) is 0 Å². The van der Waals surface area contributed by atoms with Gasteiger partial charge in [0, 0.05) is 12.2 Å². The van der Waals surface area contributed by atoms with Crippen LogP contribution in [-0.4, -0.2) is 22.4 Å². The first-order valence-electron chi connectivity index (χ1n) is 5.02. The van der Waals surface area contributed by atoms with Gasteiger partial charge in [0.2, 0.25) is 0 Å². The van der Waals surface area contributed by atoms with Crippen LogP contribution in [0.5, 0.6) is 0 Å². The first-order valence-corrected chi connectivity index (χ1v) is 5.40. The lowest BCUT2D eigenvalue weighted by Gasteiger charge is -2.13. The van der Waals surface area contributed by atoms with Crippen molar-refractivity contribution >= 4 is 11.6 Å². The average Bonchev–Trinajstić information content (AvgIpc) is 2.51. The molecule has 0 bridgehead atoms. The van der Waals surface area contributed by atoms with Gasteiger partial charge in [0.05, 0.1) is 17.3 Å². The highest BCUT2D eigenvalue weighted by Crippen LogP contribution is 2.12. The molecule has 1 heterocycles. The molecule has 0 aliphatic carbocycles. The van der Waals surface area contributed by atoms with E-state index < -0.39 is 0 Å². The van der Waals surface area contributed by atoms with Crippen molar-refractivity contribution in [2.24, 2.45) is 0 Å². The minimum Gasteiger partial charge on any atom is -0.314 e. The fourth-order valence-corrected chi connectivity index (χ4v) is 1.41. The summed E-state index contributed by atoms with van der Waals surface area (Å²) in [5, 5.41) is 8.25. The van der Waals surface area contributed by atoms with E-state index in [1.54, 1.807) is 6.20 Å². The summed E-state index contributed by atoms with van der Waals surface area (Å²) < 4.78 is 1.91. The van der Waals surface area contributed by atoms with Crippen LogP contribution in [0.15, 0.2) is 12.4 Å². The van der Waals surface area contributed by atoms with E-state index in [4.69, 9.17) is 11.6 Å². The predicted octanol–water partition coefficient (Wildman–Crippen LogP) is 2.49. The minimum absolute atomic E-state index is 0.397. The topological polar surface area (TPSA) is 29.9 Å². The summed E-state index contributed by atoms with van der Waals surface area (Å²) >= 11 is 5.79. The standard InChI is InChI=1S/C10H18ClN3/c1-8(2)12-5-4-9(3)14-7-10(11)6-13-14/h6-9,12H,4-5H2,1-3H3. The van der Waals surface area contributed by atoms with Crippen LogP contribution < -0.4 is 5.32 Å². The Hall–Kier alpha value is -0.540.